The Morgan fingerprint density at radius 1 is 1.29 bits per heavy atom. The second-order valence-electron chi connectivity index (χ2n) is 5.46. The van der Waals surface area contributed by atoms with Gasteiger partial charge in [-0.3, -0.25) is 14.3 Å². The summed E-state index contributed by atoms with van der Waals surface area (Å²) < 4.78 is 39.5. The first kappa shape index (κ1) is 28.0. The van der Waals surface area contributed by atoms with Gasteiger partial charge in [-0.25, -0.2) is 18.2 Å². The van der Waals surface area contributed by atoms with Gasteiger partial charge in [0, 0.05) is 19.4 Å². The molecule has 1 aromatic rings. The van der Waals surface area contributed by atoms with Crippen molar-refractivity contribution in [1.82, 2.24) is 9.55 Å². The minimum absolute atomic E-state index is 0.381. The van der Waals surface area contributed by atoms with E-state index in [-0.39, 0.29) is 0 Å². The molecule has 0 saturated heterocycles. The number of ether oxygens (including phenoxy) is 1. The van der Waals surface area contributed by atoms with Crippen molar-refractivity contribution in [1.29, 1.82) is 0 Å². The molecule has 4 unspecified atom stereocenters. The largest absolute Gasteiger partial charge is 0.488 e. The molecule has 0 fully saturated rings. The number of methoxy groups -OCH3 is 1. The Hall–Kier alpha value is -1.05. The number of aliphatic hydroxyl groups is 2. The number of terminal acetylenes is 1. The van der Waals surface area contributed by atoms with E-state index in [0.717, 1.165) is 19.4 Å². The van der Waals surface area contributed by atoms with Gasteiger partial charge in [-0.2, -0.15) is 4.31 Å². The molecule has 16 nitrogen and oxygen atoms in total. The third kappa shape index (κ3) is 8.10. The van der Waals surface area contributed by atoms with Crippen LogP contribution in [0, 0.1) is 12.3 Å². The predicted molar refractivity (Wildman–Crippen MR) is 104 cm³/mol. The number of H-pyrrole nitrogens is 1. The van der Waals surface area contributed by atoms with Gasteiger partial charge in [0.05, 0.1) is 6.61 Å². The molecule has 20 heteroatoms. The first-order chi connectivity index (χ1) is 14.0. The second-order valence-corrected chi connectivity index (χ2v) is 11.3. The van der Waals surface area contributed by atoms with Crippen molar-refractivity contribution in [2.24, 2.45) is 0 Å². The van der Waals surface area contributed by atoms with Crippen molar-refractivity contribution >= 4 is 34.2 Å². The molecular weight excluding hydrogens is 509 g/mol. The Morgan fingerprint density at radius 2 is 1.87 bits per heavy atom. The Balaban J connectivity index is 3.05. The molecule has 0 saturated carbocycles. The summed E-state index contributed by atoms with van der Waals surface area (Å²) in [7, 11) is -10.1. The molecule has 0 aromatic carbocycles. The lowest BCUT2D eigenvalue weighted by atomic mass is 10.0. The third-order valence-electron chi connectivity index (χ3n) is 3.29. The van der Waals surface area contributed by atoms with Gasteiger partial charge in [0.25, 0.3) is 5.56 Å². The van der Waals surface area contributed by atoms with Crippen molar-refractivity contribution < 1.29 is 56.8 Å². The molecular formula is C11H17N2O14P3S. The molecule has 7 N–H and O–H groups in total. The zero-order valence-electron chi connectivity index (χ0n) is 15.2. The summed E-state index contributed by atoms with van der Waals surface area (Å²) in [5, 5.41) is 21.0. The number of hydrogen-bond donors (Lipinski definition) is 7. The minimum Gasteiger partial charge on any atom is -0.384 e. The average Bonchev–Trinajstić information content (AvgIpc) is 2.58. The zero-order valence-corrected chi connectivity index (χ0v) is 18.7. The first-order valence-corrected chi connectivity index (χ1v) is 13.1. The average molecular weight is 526 g/mol. The van der Waals surface area contributed by atoms with Crippen molar-refractivity contribution in [3.05, 3.63) is 33.1 Å². The van der Waals surface area contributed by atoms with Crippen LogP contribution in [0.2, 0.25) is 0 Å². The van der Waals surface area contributed by atoms with Gasteiger partial charge in [0.15, 0.2) is 0 Å². The van der Waals surface area contributed by atoms with E-state index < -0.39 is 58.2 Å². The van der Waals surface area contributed by atoms with E-state index in [4.69, 9.17) is 20.9 Å². The maximum Gasteiger partial charge on any atom is 0.488 e. The fourth-order valence-electron chi connectivity index (χ4n) is 2.00. The SMILES string of the molecule is C#CC(O)([C@H](O)C(COP(O)(=S)OP(=O)(O)OP(=O)(O)O)OC)n1ccc(=O)[nH]c1=O. The Bertz CT molecular complexity index is 1090. The van der Waals surface area contributed by atoms with Crippen LogP contribution < -0.4 is 11.2 Å². The summed E-state index contributed by atoms with van der Waals surface area (Å²) in [6.45, 7) is -5.73. The van der Waals surface area contributed by atoms with Crippen molar-refractivity contribution in [2.45, 2.75) is 17.9 Å². The molecule has 0 aliphatic rings. The van der Waals surface area contributed by atoms with Crippen LogP contribution in [0.3, 0.4) is 0 Å². The van der Waals surface area contributed by atoms with Crippen LogP contribution in [0.4, 0.5) is 0 Å². The maximum absolute atomic E-state index is 11.9. The molecule has 0 radical (unpaired) electrons. The number of nitrogens with one attached hydrogen (secondary N) is 1. The molecule has 0 amide bonds. The molecule has 31 heavy (non-hydrogen) atoms. The Labute approximate surface area is 178 Å². The summed E-state index contributed by atoms with van der Waals surface area (Å²) in [6, 6.07) is 0.815. The number of aromatic nitrogens is 2. The van der Waals surface area contributed by atoms with Gasteiger partial charge < -0.3 is 39.0 Å². The lowest BCUT2D eigenvalue weighted by Crippen LogP contribution is -2.55. The first-order valence-electron chi connectivity index (χ1n) is 7.48. The van der Waals surface area contributed by atoms with Gasteiger partial charge >= 0.3 is 28.1 Å². The summed E-state index contributed by atoms with van der Waals surface area (Å²) in [5.41, 5.74) is -4.85. The van der Waals surface area contributed by atoms with Crippen LogP contribution >= 0.6 is 22.4 Å². The number of hydrogen-bond acceptors (Lipinski definition) is 11. The van der Waals surface area contributed by atoms with Crippen molar-refractivity contribution in [3.63, 3.8) is 0 Å². The van der Waals surface area contributed by atoms with E-state index in [9.17, 15) is 38.7 Å². The summed E-state index contributed by atoms with van der Waals surface area (Å²) >= 11 is 4.41. The molecule has 1 heterocycles. The van der Waals surface area contributed by atoms with E-state index in [1.54, 1.807) is 10.9 Å². The molecule has 5 atom stereocenters. The Morgan fingerprint density at radius 3 is 2.32 bits per heavy atom. The van der Waals surface area contributed by atoms with Crippen LogP contribution in [0.25, 0.3) is 0 Å². The molecule has 0 aliphatic heterocycles. The predicted octanol–water partition coefficient (Wildman–Crippen LogP) is -2.35. The van der Waals surface area contributed by atoms with Gasteiger partial charge in [0.2, 0.25) is 5.72 Å². The highest BCUT2D eigenvalue weighted by Gasteiger charge is 2.44. The monoisotopic (exact) mass is 526 g/mol. The number of rotatable bonds is 11. The van der Waals surface area contributed by atoms with Crippen molar-refractivity contribution in [2.75, 3.05) is 13.7 Å². The standard InChI is InChI=1S/C11H17N2O14P3S/c1-3-11(17,13-5-4-8(14)12-10(13)16)9(15)7(24-2)6-25-30(23,31)27-29(21,22)26-28(18,19)20/h1,4-5,7,9,15,17H,6H2,2H3,(H,21,22)(H,23,31)(H,12,14,16)(H2,18,19,20)/t7?,9-,11?,30?/m1/s1. The van der Waals surface area contributed by atoms with Gasteiger partial charge in [0.1, 0.15) is 12.2 Å². The molecule has 1 rings (SSSR count). The summed E-state index contributed by atoms with van der Waals surface area (Å²) in [6.07, 6.45) is 2.12. The molecule has 0 aliphatic carbocycles. The van der Waals surface area contributed by atoms with E-state index in [2.05, 4.69) is 25.0 Å². The zero-order chi connectivity index (χ0) is 24.3. The molecule has 1 aromatic heterocycles. The fraction of sp³-hybridized carbons (Fsp3) is 0.455. The highest BCUT2D eigenvalue weighted by atomic mass is 32.5. The number of nitrogens with zero attached hydrogens (tertiary/aromatic N) is 1. The maximum atomic E-state index is 11.9. The third-order valence-corrected chi connectivity index (χ3v) is 8.01. The number of phosphoric acid groups is 2. The van der Waals surface area contributed by atoms with E-state index in [1.165, 1.54) is 0 Å². The van der Waals surface area contributed by atoms with Gasteiger partial charge in [-0.1, -0.05) is 0 Å². The fourth-order valence-corrected chi connectivity index (χ4v) is 5.97. The van der Waals surface area contributed by atoms with Gasteiger partial charge in [-0.15, -0.1) is 6.42 Å². The summed E-state index contributed by atoms with van der Waals surface area (Å²) in [5.74, 6) is 1.74. The van der Waals surface area contributed by atoms with Crippen LogP contribution in [-0.2, 0) is 44.5 Å². The number of aliphatic hydroxyl groups excluding tert-OH is 1. The van der Waals surface area contributed by atoms with E-state index >= 15 is 0 Å². The highest BCUT2D eigenvalue weighted by Crippen LogP contribution is 2.66. The molecule has 176 valence electrons. The molecule has 0 bridgehead atoms. The smallest absolute Gasteiger partial charge is 0.384 e. The lowest BCUT2D eigenvalue weighted by molar-refractivity contribution is -0.154. The quantitative estimate of drug-likeness (QED) is 0.118. The summed E-state index contributed by atoms with van der Waals surface area (Å²) in [4.78, 5) is 60.9. The van der Waals surface area contributed by atoms with E-state index in [0.29, 0.717) is 4.57 Å². The molecule has 0 spiro atoms. The lowest BCUT2D eigenvalue weighted by Gasteiger charge is -2.34. The van der Waals surface area contributed by atoms with Crippen LogP contribution in [0.5, 0.6) is 0 Å². The minimum atomic E-state index is -5.58. The van der Waals surface area contributed by atoms with E-state index in [1.807, 2.05) is 0 Å². The Kier molecular flexibility index (Phi) is 9.26. The topological polar surface area (TPSA) is 247 Å². The van der Waals surface area contributed by atoms with Crippen LogP contribution in [0.1, 0.15) is 0 Å². The second kappa shape index (κ2) is 10.3. The van der Waals surface area contributed by atoms with Crippen molar-refractivity contribution in [3.8, 4) is 12.3 Å². The number of aromatic amines is 1. The van der Waals surface area contributed by atoms with Crippen LogP contribution in [-0.4, -0.2) is 65.3 Å². The highest BCUT2D eigenvalue weighted by molar-refractivity contribution is 8.08. The normalized spacial score (nSPS) is 19.9. The van der Waals surface area contributed by atoms with Crippen LogP contribution in [0.15, 0.2) is 21.9 Å². The van der Waals surface area contributed by atoms with Gasteiger partial charge in [-0.05, 0) is 17.7 Å².